The number of aliphatic hydroxyl groups excluding tert-OH is 1. The van der Waals surface area contributed by atoms with Crippen LogP contribution in [0.2, 0.25) is 0 Å². The quantitative estimate of drug-likeness (QED) is 0.761. The lowest BCUT2D eigenvalue weighted by molar-refractivity contribution is -0.158. The smallest absolute Gasteiger partial charge is 0.316 e. The van der Waals surface area contributed by atoms with E-state index in [-0.39, 0.29) is 13.2 Å². The van der Waals surface area contributed by atoms with E-state index in [9.17, 15) is 9.90 Å². The van der Waals surface area contributed by atoms with Crippen molar-refractivity contribution >= 4 is 5.97 Å². The summed E-state index contributed by atoms with van der Waals surface area (Å²) in [7, 11) is 1.30. The molecule has 0 saturated carbocycles. The first-order valence-electron chi connectivity index (χ1n) is 5.43. The Hall–Kier alpha value is -1.39. The Morgan fingerprint density at radius 3 is 2.53 bits per heavy atom. The Morgan fingerprint density at radius 1 is 1.35 bits per heavy atom. The molecule has 0 aliphatic heterocycles. The van der Waals surface area contributed by atoms with E-state index >= 15 is 0 Å². The second-order valence-electron chi connectivity index (χ2n) is 4.19. The zero-order chi connectivity index (χ0) is 12.7. The number of ether oxygens (including phenoxy) is 2. The molecule has 4 heteroatoms. The molecule has 1 aromatic carbocycles. The van der Waals surface area contributed by atoms with Gasteiger partial charge in [-0.3, -0.25) is 4.79 Å². The molecule has 0 aromatic heterocycles. The summed E-state index contributed by atoms with van der Waals surface area (Å²) >= 11 is 0. The van der Waals surface area contributed by atoms with Crippen molar-refractivity contribution in [3.8, 4) is 0 Å². The molecule has 0 spiro atoms. The highest BCUT2D eigenvalue weighted by molar-refractivity contribution is 5.76. The maximum atomic E-state index is 11.4. The van der Waals surface area contributed by atoms with Crippen LogP contribution in [0.4, 0.5) is 0 Å². The summed E-state index contributed by atoms with van der Waals surface area (Å²) in [5.41, 5.74) is 0.0291. The maximum absolute atomic E-state index is 11.4. The van der Waals surface area contributed by atoms with Gasteiger partial charge in [0.25, 0.3) is 0 Å². The molecule has 0 aliphatic rings. The van der Waals surface area contributed by atoms with Gasteiger partial charge in [-0.15, -0.1) is 0 Å². The molecular formula is C13H18O4. The number of benzene rings is 1. The van der Waals surface area contributed by atoms with Crippen molar-refractivity contribution in [3.63, 3.8) is 0 Å². The van der Waals surface area contributed by atoms with Crippen molar-refractivity contribution in [2.45, 2.75) is 13.5 Å². The summed E-state index contributed by atoms with van der Waals surface area (Å²) in [6.07, 6.45) is 0. The first-order valence-corrected chi connectivity index (χ1v) is 5.43. The Morgan fingerprint density at radius 2 is 2.00 bits per heavy atom. The Balaban J connectivity index is 2.46. The SMILES string of the molecule is COC(=O)C(C)(CO)COCc1ccccc1. The molecule has 17 heavy (non-hydrogen) atoms. The van der Waals surface area contributed by atoms with Crippen LogP contribution in [0.3, 0.4) is 0 Å². The molecule has 1 atom stereocenters. The normalized spacial score (nSPS) is 14.1. The van der Waals surface area contributed by atoms with Gasteiger partial charge in [0.2, 0.25) is 0 Å². The number of hydrogen-bond donors (Lipinski definition) is 1. The average molecular weight is 238 g/mol. The monoisotopic (exact) mass is 238 g/mol. The second kappa shape index (κ2) is 6.37. The fraction of sp³-hybridized carbons (Fsp3) is 0.462. The number of carbonyl (C=O) groups excluding carboxylic acids is 1. The van der Waals surface area contributed by atoms with Gasteiger partial charge in [-0.1, -0.05) is 30.3 Å². The van der Waals surface area contributed by atoms with Crippen LogP contribution in [-0.2, 0) is 20.9 Å². The number of esters is 1. The van der Waals surface area contributed by atoms with E-state index in [0.717, 1.165) is 5.56 Å². The fourth-order valence-corrected chi connectivity index (χ4v) is 1.38. The van der Waals surface area contributed by atoms with Gasteiger partial charge in [-0.05, 0) is 12.5 Å². The third-order valence-electron chi connectivity index (χ3n) is 2.56. The highest BCUT2D eigenvalue weighted by Gasteiger charge is 2.34. The zero-order valence-electron chi connectivity index (χ0n) is 10.2. The van der Waals surface area contributed by atoms with E-state index in [1.807, 2.05) is 30.3 Å². The second-order valence-corrected chi connectivity index (χ2v) is 4.19. The van der Waals surface area contributed by atoms with Gasteiger partial charge in [0.15, 0.2) is 0 Å². The minimum atomic E-state index is -0.996. The lowest BCUT2D eigenvalue weighted by Crippen LogP contribution is -2.37. The van der Waals surface area contributed by atoms with E-state index < -0.39 is 11.4 Å². The van der Waals surface area contributed by atoms with Crippen molar-refractivity contribution < 1.29 is 19.4 Å². The fourth-order valence-electron chi connectivity index (χ4n) is 1.38. The third-order valence-corrected chi connectivity index (χ3v) is 2.56. The number of methoxy groups -OCH3 is 1. The summed E-state index contributed by atoms with van der Waals surface area (Å²) in [5, 5.41) is 9.20. The lowest BCUT2D eigenvalue weighted by atomic mass is 9.93. The van der Waals surface area contributed by atoms with Crippen LogP contribution in [0.1, 0.15) is 12.5 Å². The maximum Gasteiger partial charge on any atom is 0.316 e. The Kier molecular flexibility index (Phi) is 5.12. The topological polar surface area (TPSA) is 55.8 Å². The number of aliphatic hydroxyl groups is 1. The molecule has 1 rings (SSSR count). The van der Waals surface area contributed by atoms with E-state index in [1.54, 1.807) is 6.92 Å². The van der Waals surface area contributed by atoms with E-state index in [2.05, 4.69) is 4.74 Å². The van der Waals surface area contributed by atoms with Crippen molar-refractivity contribution in [1.82, 2.24) is 0 Å². The van der Waals surface area contributed by atoms with Crippen molar-refractivity contribution in [2.75, 3.05) is 20.3 Å². The van der Waals surface area contributed by atoms with Gasteiger partial charge < -0.3 is 14.6 Å². The van der Waals surface area contributed by atoms with E-state index in [4.69, 9.17) is 4.74 Å². The molecule has 1 unspecified atom stereocenters. The first-order chi connectivity index (χ1) is 8.12. The molecule has 0 saturated heterocycles. The summed E-state index contributed by atoms with van der Waals surface area (Å²) in [6.45, 7) is 1.86. The minimum Gasteiger partial charge on any atom is -0.468 e. The molecule has 0 aliphatic carbocycles. The van der Waals surface area contributed by atoms with Gasteiger partial charge in [0.1, 0.15) is 5.41 Å². The largest absolute Gasteiger partial charge is 0.468 e. The molecule has 1 N–H and O–H groups in total. The van der Waals surface area contributed by atoms with Crippen molar-refractivity contribution in [3.05, 3.63) is 35.9 Å². The molecule has 0 heterocycles. The zero-order valence-corrected chi connectivity index (χ0v) is 10.2. The number of hydrogen-bond acceptors (Lipinski definition) is 4. The molecular weight excluding hydrogens is 220 g/mol. The summed E-state index contributed by atoms with van der Waals surface area (Å²) in [5.74, 6) is -0.465. The van der Waals surface area contributed by atoms with Gasteiger partial charge in [0, 0.05) is 0 Å². The van der Waals surface area contributed by atoms with Gasteiger partial charge >= 0.3 is 5.97 Å². The number of rotatable bonds is 6. The van der Waals surface area contributed by atoms with Gasteiger partial charge in [-0.25, -0.2) is 0 Å². The summed E-state index contributed by atoms with van der Waals surface area (Å²) in [6, 6.07) is 9.65. The molecule has 0 radical (unpaired) electrons. The molecule has 94 valence electrons. The predicted molar refractivity (Wildman–Crippen MR) is 63.3 cm³/mol. The van der Waals surface area contributed by atoms with Gasteiger partial charge in [-0.2, -0.15) is 0 Å². The highest BCUT2D eigenvalue weighted by atomic mass is 16.5. The van der Waals surface area contributed by atoms with Crippen molar-refractivity contribution in [2.24, 2.45) is 5.41 Å². The number of carbonyl (C=O) groups is 1. The Labute approximate surface area is 101 Å². The molecule has 0 bridgehead atoms. The Bertz CT molecular complexity index is 350. The minimum absolute atomic E-state index is 0.130. The van der Waals surface area contributed by atoms with Gasteiger partial charge in [0.05, 0.1) is 26.9 Å². The van der Waals surface area contributed by atoms with Crippen LogP contribution in [-0.4, -0.2) is 31.4 Å². The van der Waals surface area contributed by atoms with Crippen LogP contribution in [0.15, 0.2) is 30.3 Å². The summed E-state index contributed by atoms with van der Waals surface area (Å²) in [4.78, 5) is 11.4. The summed E-state index contributed by atoms with van der Waals surface area (Å²) < 4.78 is 10.1. The van der Waals surface area contributed by atoms with E-state index in [1.165, 1.54) is 7.11 Å². The first kappa shape index (κ1) is 13.7. The highest BCUT2D eigenvalue weighted by Crippen LogP contribution is 2.18. The standard InChI is InChI=1S/C13H18O4/c1-13(9-14,12(15)16-2)10-17-8-11-6-4-3-5-7-11/h3-7,14H,8-10H2,1-2H3. The van der Waals surface area contributed by atoms with Crippen LogP contribution < -0.4 is 0 Å². The molecule has 1 aromatic rings. The third kappa shape index (κ3) is 3.84. The van der Waals surface area contributed by atoms with Crippen LogP contribution in [0.25, 0.3) is 0 Å². The average Bonchev–Trinajstić information content (AvgIpc) is 2.38. The predicted octanol–water partition coefficient (Wildman–Crippen LogP) is 1.37. The van der Waals surface area contributed by atoms with Crippen LogP contribution in [0, 0.1) is 5.41 Å². The van der Waals surface area contributed by atoms with Crippen LogP contribution in [0.5, 0.6) is 0 Å². The molecule has 0 fully saturated rings. The van der Waals surface area contributed by atoms with Crippen LogP contribution >= 0.6 is 0 Å². The molecule has 4 nitrogen and oxygen atoms in total. The van der Waals surface area contributed by atoms with Crippen molar-refractivity contribution in [1.29, 1.82) is 0 Å². The van der Waals surface area contributed by atoms with E-state index in [0.29, 0.717) is 6.61 Å². The lowest BCUT2D eigenvalue weighted by Gasteiger charge is -2.23. The molecule has 0 amide bonds.